The van der Waals surface area contributed by atoms with E-state index in [-0.39, 0.29) is 4.91 Å². The smallest absolute Gasteiger partial charge is 0.262 e. The van der Waals surface area contributed by atoms with Crippen LogP contribution in [0.1, 0.15) is 0 Å². The van der Waals surface area contributed by atoms with Crippen LogP contribution in [0.2, 0.25) is 5.02 Å². The number of halogens is 1. The molecular weight excluding hydrogens is 318 g/mol. The summed E-state index contributed by atoms with van der Waals surface area (Å²) in [6.07, 6.45) is 6.60. The maximum Gasteiger partial charge on any atom is 0.262 e. The Morgan fingerprint density at radius 2 is 2.00 bits per heavy atom. The summed E-state index contributed by atoms with van der Waals surface area (Å²) in [5, 5.41) is 0.555. The number of hydrogen-bond acceptors (Lipinski definition) is 5. The Balaban J connectivity index is 1.85. The molecule has 2 aliphatic heterocycles. The molecule has 1 aromatic rings. The monoisotopic (exact) mass is 327 g/mol. The second kappa shape index (κ2) is 5.08. The number of benzene rings is 1. The highest BCUT2D eigenvalue weighted by Crippen LogP contribution is 2.29. The van der Waals surface area contributed by atoms with Gasteiger partial charge in [-0.25, -0.2) is 8.42 Å². The summed E-state index contributed by atoms with van der Waals surface area (Å²) in [6, 6.07) is 6.50. The number of nitrogens with one attached hydrogen (secondary N) is 2. The fourth-order valence-electron chi connectivity index (χ4n) is 1.72. The third-order valence-corrected chi connectivity index (χ3v) is 5.07. The third-order valence-electron chi connectivity index (χ3n) is 2.68. The predicted octanol–water partition coefficient (Wildman–Crippen LogP) is 2.80. The van der Waals surface area contributed by atoms with Gasteiger partial charge >= 0.3 is 0 Å². The van der Waals surface area contributed by atoms with Gasteiger partial charge in [-0.1, -0.05) is 11.6 Å². The molecule has 0 amide bonds. The Morgan fingerprint density at radius 1 is 1.25 bits per heavy atom. The quantitative estimate of drug-likeness (QED) is 0.836. The Labute approximate surface area is 126 Å². The molecule has 0 aromatic heterocycles. The van der Waals surface area contributed by atoms with Gasteiger partial charge in [-0.3, -0.25) is 9.03 Å². The van der Waals surface area contributed by atoms with E-state index >= 15 is 0 Å². The van der Waals surface area contributed by atoms with Crippen molar-refractivity contribution in [2.24, 2.45) is 0 Å². The molecule has 0 atom stereocenters. The third kappa shape index (κ3) is 2.65. The molecule has 0 fully saturated rings. The Kier molecular flexibility index (Phi) is 3.41. The Morgan fingerprint density at radius 3 is 2.75 bits per heavy atom. The molecule has 0 saturated heterocycles. The largest absolute Gasteiger partial charge is 0.316 e. The molecule has 104 valence electrons. The van der Waals surface area contributed by atoms with Gasteiger partial charge in [0.15, 0.2) is 0 Å². The number of rotatable bonds is 3. The first-order valence-corrected chi connectivity index (χ1v) is 8.28. The van der Waals surface area contributed by atoms with Crippen LogP contribution in [0.25, 0.3) is 0 Å². The molecule has 0 radical (unpaired) electrons. The minimum atomic E-state index is -3.61. The molecule has 8 heteroatoms. The van der Waals surface area contributed by atoms with Crippen LogP contribution in [0.5, 0.6) is 0 Å². The Hall–Kier alpha value is -1.57. The lowest BCUT2D eigenvalue weighted by Gasteiger charge is -2.18. The van der Waals surface area contributed by atoms with Crippen LogP contribution in [0.4, 0.5) is 5.69 Å². The van der Waals surface area contributed by atoms with Gasteiger partial charge in [0.2, 0.25) is 0 Å². The molecule has 2 aliphatic rings. The number of hydrogen-bond donors (Lipinski definition) is 2. The van der Waals surface area contributed by atoms with Crippen LogP contribution < -0.4 is 9.44 Å². The first-order chi connectivity index (χ1) is 9.54. The zero-order chi connectivity index (χ0) is 14.2. The number of nitrogens with zero attached hydrogens (tertiary/aromatic N) is 1. The van der Waals surface area contributed by atoms with E-state index < -0.39 is 10.0 Å². The maximum absolute atomic E-state index is 12.3. The van der Waals surface area contributed by atoms with Gasteiger partial charge in [-0.15, -0.1) is 0 Å². The van der Waals surface area contributed by atoms with Crippen molar-refractivity contribution < 1.29 is 8.42 Å². The number of allylic oxidation sites excluding steroid dienone is 2. The van der Waals surface area contributed by atoms with Crippen molar-refractivity contribution in [3.8, 4) is 0 Å². The van der Waals surface area contributed by atoms with Gasteiger partial charge in [0.1, 0.15) is 0 Å². The Bertz CT molecular complexity index is 724. The van der Waals surface area contributed by atoms with Crippen molar-refractivity contribution in [2.75, 3.05) is 4.72 Å². The molecule has 20 heavy (non-hydrogen) atoms. The molecule has 0 bridgehead atoms. The second-order valence-electron chi connectivity index (χ2n) is 4.08. The average molecular weight is 328 g/mol. The molecule has 2 N–H and O–H groups in total. The van der Waals surface area contributed by atoms with E-state index in [1.165, 1.54) is 12.1 Å². The molecule has 5 nitrogen and oxygen atoms in total. The fraction of sp³-hybridized carbons (Fsp3) is 0. The van der Waals surface area contributed by atoms with Crippen molar-refractivity contribution in [1.82, 2.24) is 9.03 Å². The first kappa shape index (κ1) is 13.4. The van der Waals surface area contributed by atoms with Crippen molar-refractivity contribution in [3.05, 3.63) is 64.4 Å². The number of sulfonamides is 1. The van der Waals surface area contributed by atoms with Crippen LogP contribution in [-0.4, -0.2) is 12.7 Å². The molecule has 0 aliphatic carbocycles. The van der Waals surface area contributed by atoms with E-state index in [0.717, 1.165) is 5.70 Å². The summed E-state index contributed by atoms with van der Waals surface area (Å²) < 4.78 is 31.9. The van der Waals surface area contributed by atoms with E-state index in [2.05, 4.69) is 9.44 Å². The highest BCUT2D eigenvalue weighted by Gasteiger charge is 2.23. The zero-order valence-electron chi connectivity index (χ0n) is 10.1. The fourth-order valence-corrected chi connectivity index (χ4v) is 3.54. The van der Waals surface area contributed by atoms with E-state index in [1.54, 1.807) is 48.8 Å². The van der Waals surface area contributed by atoms with Gasteiger partial charge in [0.25, 0.3) is 10.0 Å². The minimum absolute atomic E-state index is 0.208. The van der Waals surface area contributed by atoms with Crippen LogP contribution in [-0.2, 0) is 10.0 Å². The summed E-state index contributed by atoms with van der Waals surface area (Å²) in [6.45, 7) is 0. The van der Waals surface area contributed by atoms with Crippen LogP contribution in [0.3, 0.4) is 0 Å². The minimum Gasteiger partial charge on any atom is -0.316 e. The van der Waals surface area contributed by atoms with Gasteiger partial charge in [0.05, 0.1) is 22.7 Å². The summed E-state index contributed by atoms with van der Waals surface area (Å²) in [4.78, 5) is 0.208. The summed E-state index contributed by atoms with van der Waals surface area (Å²) in [5.41, 5.74) is 1.26. The molecule has 0 unspecified atom stereocenters. The van der Waals surface area contributed by atoms with E-state index in [9.17, 15) is 8.42 Å². The summed E-state index contributed by atoms with van der Waals surface area (Å²) >= 11 is 7.14. The second-order valence-corrected chi connectivity index (χ2v) is 7.01. The highest BCUT2D eigenvalue weighted by molar-refractivity contribution is 7.97. The van der Waals surface area contributed by atoms with E-state index in [4.69, 9.17) is 11.6 Å². The topological polar surface area (TPSA) is 61.4 Å². The number of anilines is 1. The first-order valence-electron chi connectivity index (χ1n) is 5.65. The van der Waals surface area contributed by atoms with Crippen molar-refractivity contribution in [3.63, 3.8) is 0 Å². The van der Waals surface area contributed by atoms with E-state index in [0.29, 0.717) is 10.7 Å². The van der Waals surface area contributed by atoms with Crippen molar-refractivity contribution >= 4 is 39.4 Å². The molecule has 1 aromatic carbocycles. The molecule has 3 rings (SSSR count). The van der Waals surface area contributed by atoms with Crippen LogP contribution in [0.15, 0.2) is 59.4 Å². The highest BCUT2D eigenvalue weighted by atomic mass is 35.5. The normalized spacial score (nSPS) is 17.1. The standard InChI is InChI=1S/C12H10ClN3O2S2/c13-9-1-3-10(4-2-9)15-20(17,18)12-5-6-16-11(7-12)8-14-19-16/h1-8,14-15H. The van der Waals surface area contributed by atoms with E-state index in [1.807, 2.05) is 4.31 Å². The lowest BCUT2D eigenvalue weighted by molar-refractivity contribution is 0.607. The molecule has 0 spiro atoms. The molecular formula is C12H10ClN3O2S2. The molecule has 2 heterocycles. The van der Waals surface area contributed by atoms with Crippen molar-refractivity contribution in [1.29, 1.82) is 0 Å². The maximum atomic E-state index is 12.3. The van der Waals surface area contributed by atoms with Crippen LogP contribution >= 0.6 is 23.7 Å². The number of fused-ring (bicyclic) bond motifs is 1. The van der Waals surface area contributed by atoms with Gasteiger partial charge < -0.3 is 4.72 Å². The van der Waals surface area contributed by atoms with Gasteiger partial charge in [-0.05, 0) is 36.4 Å². The van der Waals surface area contributed by atoms with Crippen LogP contribution in [0, 0.1) is 0 Å². The molecule has 0 saturated carbocycles. The SMILES string of the molecule is O=S(=O)(Nc1ccc(Cl)cc1)C1=CC2=CNSN2C=C1. The van der Waals surface area contributed by atoms with Crippen molar-refractivity contribution in [2.45, 2.75) is 0 Å². The van der Waals surface area contributed by atoms with Gasteiger partial charge in [0, 0.05) is 23.1 Å². The predicted molar refractivity (Wildman–Crippen MR) is 81.9 cm³/mol. The summed E-state index contributed by atoms with van der Waals surface area (Å²) in [5.74, 6) is 0. The lowest BCUT2D eigenvalue weighted by Crippen LogP contribution is -2.17. The zero-order valence-corrected chi connectivity index (χ0v) is 12.5. The lowest BCUT2D eigenvalue weighted by atomic mass is 10.3. The average Bonchev–Trinajstić information content (AvgIpc) is 2.88. The summed E-state index contributed by atoms with van der Waals surface area (Å²) in [7, 11) is -3.61. The van der Waals surface area contributed by atoms with Gasteiger partial charge in [-0.2, -0.15) is 0 Å².